The lowest BCUT2D eigenvalue weighted by molar-refractivity contribution is 0.400. The van der Waals surface area contributed by atoms with Crippen LogP contribution in [0.1, 0.15) is 45.7 Å². The van der Waals surface area contributed by atoms with Crippen LogP contribution >= 0.6 is 11.8 Å². The molecule has 1 N–H and O–H groups in total. The third-order valence-electron chi connectivity index (χ3n) is 3.41. The quantitative estimate of drug-likeness (QED) is 0.709. The van der Waals surface area contributed by atoms with Crippen molar-refractivity contribution in [2.75, 3.05) is 19.4 Å². The highest BCUT2D eigenvalue weighted by Gasteiger charge is 2.16. The van der Waals surface area contributed by atoms with Gasteiger partial charge in [-0.2, -0.15) is 0 Å². The van der Waals surface area contributed by atoms with Gasteiger partial charge in [-0.05, 0) is 31.5 Å². The first-order valence-corrected chi connectivity index (χ1v) is 8.15. The van der Waals surface area contributed by atoms with Crippen molar-refractivity contribution in [3.8, 4) is 5.75 Å². The lowest BCUT2D eigenvalue weighted by Gasteiger charge is -2.20. The second-order valence-corrected chi connectivity index (χ2v) is 6.04. The second-order valence-electron chi connectivity index (χ2n) is 4.98. The molecule has 0 spiro atoms. The van der Waals surface area contributed by atoms with E-state index >= 15 is 0 Å². The Kier molecular flexibility index (Phi) is 7.32. The van der Waals surface area contributed by atoms with Crippen LogP contribution in [-0.4, -0.2) is 19.4 Å². The summed E-state index contributed by atoms with van der Waals surface area (Å²) in [6, 6.07) is 6.66. The first kappa shape index (κ1) is 16.4. The van der Waals surface area contributed by atoms with E-state index in [1.54, 1.807) is 7.11 Å². The molecule has 1 aromatic carbocycles. The topological polar surface area (TPSA) is 21.3 Å². The van der Waals surface area contributed by atoms with E-state index in [1.165, 1.54) is 16.9 Å². The Bertz CT molecular complexity index is 381. The molecule has 0 saturated carbocycles. The number of ether oxygens (including phenoxy) is 1. The van der Waals surface area contributed by atoms with Gasteiger partial charge in [-0.3, -0.25) is 0 Å². The molecule has 0 saturated heterocycles. The first-order chi connectivity index (χ1) is 9.13. The fourth-order valence-electron chi connectivity index (χ4n) is 2.01. The third-order valence-corrected chi connectivity index (χ3v) is 4.81. The minimum Gasteiger partial charge on any atom is -0.496 e. The van der Waals surface area contributed by atoms with Crippen LogP contribution in [0.15, 0.2) is 23.1 Å². The van der Waals surface area contributed by atoms with Crippen molar-refractivity contribution in [1.29, 1.82) is 0 Å². The van der Waals surface area contributed by atoms with Crippen LogP contribution in [0.25, 0.3) is 0 Å². The van der Waals surface area contributed by atoms with E-state index in [0.29, 0.717) is 6.04 Å². The van der Waals surface area contributed by atoms with Crippen LogP contribution in [0.5, 0.6) is 5.75 Å². The summed E-state index contributed by atoms with van der Waals surface area (Å²) in [5.41, 5.74) is 1.29. The molecule has 1 aromatic rings. The maximum atomic E-state index is 5.53. The molecule has 108 valence electrons. The molecule has 0 aromatic heterocycles. The molecule has 19 heavy (non-hydrogen) atoms. The van der Waals surface area contributed by atoms with Gasteiger partial charge in [0.1, 0.15) is 5.75 Å². The number of methoxy groups -OCH3 is 1. The van der Waals surface area contributed by atoms with Gasteiger partial charge < -0.3 is 10.1 Å². The second kappa shape index (κ2) is 8.49. The highest BCUT2D eigenvalue weighted by molar-refractivity contribution is 7.99. The summed E-state index contributed by atoms with van der Waals surface area (Å²) >= 11 is 1.94. The number of nitrogens with one attached hydrogen (secondary N) is 1. The number of rotatable bonds is 8. The SMILES string of the molecule is CCNC(C)c1c(OC)cccc1SCC(C)CC. The van der Waals surface area contributed by atoms with Gasteiger partial charge in [0.05, 0.1) is 7.11 Å². The van der Waals surface area contributed by atoms with Crippen molar-refractivity contribution < 1.29 is 4.74 Å². The Labute approximate surface area is 122 Å². The van der Waals surface area contributed by atoms with E-state index < -0.39 is 0 Å². The molecule has 0 radical (unpaired) electrons. The van der Waals surface area contributed by atoms with Crippen molar-refractivity contribution in [3.63, 3.8) is 0 Å². The van der Waals surface area contributed by atoms with E-state index in [-0.39, 0.29) is 0 Å². The van der Waals surface area contributed by atoms with E-state index in [2.05, 4.69) is 51.2 Å². The Morgan fingerprint density at radius 3 is 2.58 bits per heavy atom. The molecule has 2 unspecified atom stereocenters. The Morgan fingerprint density at radius 2 is 2.00 bits per heavy atom. The zero-order valence-electron chi connectivity index (χ0n) is 12.8. The summed E-state index contributed by atoms with van der Waals surface area (Å²) in [6.45, 7) is 9.86. The number of hydrogen-bond acceptors (Lipinski definition) is 3. The van der Waals surface area contributed by atoms with Gasteiger partial charge in [-0.1, -0.05) is 33.3 Å². The predicted octanol–water partition coefficient (Wildman–Crippen LogP) is 4.50. The summed E-state index contributed by atoms with van der Waals surface area (Å²) in [5, 5.41) is 3.49. The van der Waals surface area contributed by atoms with E-state index in [0.717, 1.165) is 24.0 Å². The largest absolute Gasteiger partial charge is 0.496 e. The first-order valence-electron chi connectivity index (χ1n) is 7.17. The lowest BCUT2D eigenvalue weighted by atomic mass is 10.1. The Morgan fingerprint density at radius 1 is 1.26 bits per heavy atom. The minimum absolute atomic E-state index is 0.320. The molecule has 0 aliphatic rings. The van der Waals surface area contributed by atoms with Crippen molar-refractivity contribution in [1.82, 2.24) is 5.32 Å². The molecule has 2 nitrogen and oxygen atoms in total. The zero-order chi connectivity index (χ0) is 14.3. The average molecular weight is 281 g/mol. The summed E-state index contributed by atoms with van der Waals surface area (Å²) in [6.07, 6.45) is 1.23. The molecule has 0 bridgehead atoms. The zero-order valence-corrected chi connectivity index (χ0v) is 13.6. The molecular formula is C16H27NOS. The van der Waals surface area contributed by atoms with Gasteiger partial charge in [0, 0.05) is 22.3 Å². The normalized spacial score (nSPS) is 14.2. The standard InChI is InChI=1S/C16H27NOS/c1-6-12(3)11-19-15-10-8-9-14(18-5)16(15)13(4)17-7-2/h8-10,12-13,17H,6-7,11H2,1-5H3. The van der Waals surface area contributed by atoms with Crippen LogP contribution in [0, 0.1) is 5.92 Å². The molecule has 0 heterocycles. The van der Waals surface area contributed by atoms with Crippen LogP contribution in [0.2, 0.25) is 0 Å². The van der Waals surface area contributed by atoms with Crippen molar-refractivity contribution in [2.24, 2.45) is 5.92 Å². The van der Waals surface area contributed by atoms with Crippen LogP contribution in [-0.2, 0) is 0 Å². The molecule has 0 fully saturated rings. The molecule has 0 amide bonds. The lowest BCUT2D eigenvalue weighted by Crippen LogP contribution is -2.19. The summed E-state index contributed by atoms with van der Waals surface area (Å²) in [5.74, 6) is 2.90. The average Bonchev–Trinajstić information content (AvgIpc) is 2.44. The van der Waals surface area contributed by atoms with Crippen molar-refractivity contribution in [2.45, 2.75) is 45.1 Å². The van der Waals surface area contributed by atoms with Gasteiger partial charge in [0.15, 0.2) is 0 Å². The van der Waals surface area contributed by atoms with Gasteiger partial charge in [-0.25, -0.2) is 0 Å². The molecule has 3 heteroatoms. The highest BCUT2D eigenvalue weighted by atomic mass is 32.2. The Hall–Kier alpha value is -0.670. The van der Waals surface area contributed by atoms with Crippen molar-refractivity contribution >= 4 is 11.8 Å². The summed E-state index contributed by atoms with van der Waals surface area (Å²) in [7, 11) is 1.75. The van der Waals surface area contributed by atoms with E-state index in [9.17, 15) is 0 Å². The maximum absolute atomic E-state index is 5.53. The van der Waals surface area contributed by atoms with Crippen LogP contribution in [0.4, 0.5) is 0 Å². The Balaban J connectivity index is 2.95. The fraction of sp³-hybridized carbons (Fsp3) is 0.625. The fourth-order valence-corrected chi connectivity index (χ4v) is 3.32. The number of benzene rings is 1. The monoisotopic (exact) mass is 281 g/mol. The summed E-state index contributed by atoms with van der Waals surface area (Å²) < 4.78 is 5.53. The molecule has 2 atom stereocenters. The molecular weight excluding hydrogens is 254 g/mol. The number of thioether (sulfide) groups is 1. The van der Waals surface area contributed by atoms with Gasteiger partial charge in [-0.15, -0.1) is 11.8 Å². The predicted molar refractivity (Wildman–Crippen MR) is 85.3 cm³/mol. The van der Waals surface area contributed by atoms with E-state index in [1.807, 2.05) is 11.8 Å². The smallest absolute Gasteiger partial charge is 0.124 e. The third kappa shape index (κ3) is 4.73. The van der Waals surface area contributed by atoms with Gasteiger partial charge in [0.2, 0.25) is 0 Å². The molecule has 1 rings (SSSR count). The number of hydrogen-bond donors (Lipinski definition) is 1. The van der Waals surface area contributed by atoms with E-state index in [4.69, 9.17) is 4.74 Å². The van der Waals surface area contributed by atoms with Gasteiger partial charge >= 0.3 is 0 Å². The van der Waals surface area contributed by atoms with Crippen molar-refractivity contribution in [3.05, 3.63) is 23.8 Å². The maximum Gasteiger partial charge on any atom is 0.124 e. The minimum atomic E-state index is 0.320. The highest BCUT2D eigenvalue weighted by Crippen LogP contribution is 2.35. The summed E-state index contributed by atoms with van der Waals surface area (Å²) in [4.78, 5) is 1.34. The molecule has 0 aliphatic carbocycles. The van der Waals surface area contributed by atoms with Crippen LogP contribution < -0.4 is 10.1 Å². The molecule has 0 aliphatic heterocycles. The van der Waals surface area contributed by atoms with Crippen LogP contribution in [0.3, 0.4) is 0 Å². The van der Waals surface area contributed by atoms with Gasteiger partial charge in [0.25, 0.3) is 0 Å².